The maximum atomic E-state index is 9.75. The van der Waals surface area contributed by atoms with Crippen molar-refractivity contribution in [1.29, 1.82) is 0 Å². The Bertz CT molecular complexity index is 259. The van der Waals surface area contributed by atoms with E-state index >= 15 is 0 Å². The van der Waals surface area contributed by atoms with Crippen molar-refractivity contribution in [3.05, 3.63) is 17.5 Å². The minimum atomic E-state index is -6.00. The average molecular weight is 239 g/mol. The van der Waals surface area contributed by atoms with Crippen molar-refractivity contribution >= 4 is 7.25 Å². The molecule has 7 heteroatoms. The highest BCUT2D eigenvalue weighted by Crippen LogP contribution is 2.09. The first-order chi connectivity index (χ1) is 7.38. The minimum Gasteiger partial charge on any atom is -0.418 e. The molecule has 0 saturated heterocycles. The van der Waals surface area contributed by atoms with E-state index in [1.54, 1.807) is 0 Å². The monoisotopic (exact) mass is 239 g/mol. The first kappa shape index (κ1) is 15.0. The minimum absolute atomic E-state index is 1.13. The van der Waals surface area contributed by atoms with Crippen molar-refractivity contribution < 1.29 is 17.3 Å². The summed E-state index contributed by atoms with van der Waals surface area (Å²) in [5.41, 5.74) is 2.73. The summed E-state index contributed by atoms with van der Waals surface area (Å²) < 4.78 is 39.0. The molecule has 1 rings (SSSR count). The van der Waals surface area contributed by atoms with Gasteiger partial charge in [0.2, 0.25) is 0 Å². The van der Waals surface area contributed by atoms with Crippen LogP contribution in [0.5, 0.6) is 0 Å². The van der Waals surface area contributed by atoms with Crippen molar-refractivity contribution in [2.24, 2.45) is 0 Å². The van der Waals surface area contributed by atoms with Gasteiger partial charge >= 0.3 is 7.25 Å². The van der Waals surface area contributed by atoms with Crippen LogP contribution < -0.4 is 0 Å². The third kappa shape index (κ3) is 8.32. The number of aromatic nitrogens is 2. The molecular formula is C9H16BF4N2-. The normalized spacial score (nSPS) is 10.9. The van der Waals surface area contributed by atoms with E-state index in [-0.39, 0.29) is 0 Å². The van der Waals surface area contributed by atoms with Gasteiger partial charge in [0, 0.05) is 5.69 Å². The van der Waals surface area contributed by atoms with Gasteiger partial charge in [0.25, 0.3) is 0 Å². The second-order valence-corrected chi connectivity index (χ2v) is 3.37. The number of hydrogen-bond donors (Lipinski definition) is 1. The smallest absolute Gasteiger partial charge is 0.418 e. The molecule has 94 valence electrons. The van der Waals surface area contributed by atoms with Crippen LogP contribution in [0.4, 0.5) is 17.3 Å². The largest absolute Gasteiger partial charge is 0.673 e. The first-order valence-electron chi connectivity index (χ1n) is 5.26. The predicted molar refractivity (Wildman–Crippen MR) is 56.8 cm³/mol. The third-order valence-electron chi connectivity index (χ3n) is 1.83. The highest BCUT2D eigenvalue weighted by atomic mass is 19.5. The Labute approximate surface area is 92.5 Å². The Morgan fingerprint density at radius 1 is 1.12 bits per heavy atom. The molecule has 16 heavy (non-hydrogen) atoms. The van der Waals surface area contributed by atoms with Gasteiger partial charge in [0.1, 0.15) is 0 Å². The fraction of sp³-hybridized carbons (Fsp3) is 0.667. The standard InChI is InChI=1S/C9H16N2.BF4/c1-3-5-8-7-10-11-9(8)6-4-2;2-1(3,4)5/h7H,3-6H2,1-2H3,(H,10,11);/q;-1. The lowest BCUT2D eigenvalue weighted by Crippen LogP contribution is -2.02. The molecule has 0 bridgehead atoms. The number of aromatic amines is 1. The van der Waals surface area contributed by atoms with E-state index in [9.17, 15) is 17.3 Å². The van der Waals surface area contributed by atoms with E-state index in [1.807, 2.05) is 6.20 Å². The maximum absolute atomic E-state index is 9.75. The summed E-state index contributed by atoms with van der Waals surface area (Å²) in [6, 6.07) is 0. The molecular weight excluding hydrogens is 223 g/mol. The van der Waals surface area contributed by atoms with Crippen molar-refractivity contribution in [3.8, 4) is 0 Å². The molecule has 1 N–H and O–H groups in total. The van der Waals surface area contributed by atoms with E-state index in [0.717, 1.165) is 12.8 Å². The van der Waals surface area contributed by atoms with Crippen LogP contribution in [0, 0.1) is 0 Å². The van der Waals surface area contributed by atoms with Gasteiger partial charge in [-0.15, -0.1) is 0 Å². The van der Waals surface area contributed by atoms with Crippen molar-refractivity contribution in [3.63, 3.8) is 0 Å². The number of nitrogens with one attached hydrogen (secondary N) is 1. The molecule has 0 radical (unpaired) electrons. The van der Waals surface area contributed by atoms with Crippen molar-refractivity contribution in [2.75, 3.05) is 0 Å². The van der Waals surface area contributed by atoms with Gasteiger partial charge in [-0.05, 0) is 18.4 Å². The van der Waals surface area contributed by atoms with E-state index in [4.69, 9.17) is 0 Å². The molecule has 0 aromatic carbocycles. The van der Waals surface area contributed by atoms with Crippen molar-refractivity contribution in [1.82, 2.24) is 10.2 Å². The Morgan fingerprint density at radius 3 is 2.06 bits per heavy atom. The topological polar surface area (TPSA) is 28.7 Å². The first-order valence-corrected chi connectivity index (χ1v) is 5.26. The molecule has 1 aromatic rings. The molecule has 1 aromatic heterocycles. The van der Waals surface area contributed by atoms with Gasteiger partial charge in [0.15, 0.2) is 0 Å². The third-order valence-corrected chi connectivity index (χ3v) is 1.83. The fourth-order valence-electron chi connectivity index (χ4n) is 1.29. The zero-order valence-electron chi connectivity index (χ0n) is 9.44. The number of H-pyrrole nitrogens is 1. The van der Waals surface area contributed by atoms with E-state index in [2.05, 4.69) is 24.0 Å². The quantitative estimate of drug-likeness (QED) is 0.630. The van der Waals surface area contributed by atoms with Crippen LogP contribution in [0.1, 0.15) is 37.9 Å². The molecule has 0 aliphatic rings. The summed E-state index contributed by atoms with van der Waals surface area (Å²) in [5, 5.41) is 7.08. The zero-order valence-corrected chi connectivity index (χ0v) is 9.44. The second kappa shape index (κ2) is 7.30. The Kier molecular flexibility index (Phi) is 6.84. The van der Waals surface area contributed by atoms with Crippen molar-refractivity contribution in [2.45, 2.75) is 39.5 Å². The van der Waals surface area contributed by atoms with Gasteiger partial charge in [0.05, 0.1) is 6.20 Å². The SMILES string of the molecule is CCCc1cn[nH]c1CCC.F[B-](F)(F)F. The predicted octanol–water partition coefficient (Wildman–Crippen LogP) is 3.61. The second-order valence-electron chi connectivity index (χ2n) is 3.37. The fourth-order valence-corrected chi connectivity index (χ4v) is 1.29. The van der Waals surface area contributed by atoms with Crippen LogP contribution in [-0.4, -0.2) is 17.5 Å². The summed E-state index contributed by atoms with van der Waals surface area (Å²) in [6.07, 6.45) is 6.64. The number of hydrogen-bond acceptors (Lipinski definition) is 1. The molecule has 0 fully saturated rings. The lowest BCUT2D eigenvalue weighted by Gasteiger charge is -1.97. The molecule has 1 heterocycles. The van der Waals surface area contributed by atoms with Crippen LogP contribution in [0.25, 0.3) is 0 Å². The Hall–Kier alpha value is -1.01. The molecule has 0 aliphatic carbocycles. The molecule has 0 spiro atoms. The molecule has 0 saturated carbocycles. The summed E-state index contributed by atoms with van der Waals surface area (Å²) in [4.78, 5) is 0. The summed E-state index contributed by atoms with van der Waals surface area (Å²) in [5.74, 6) is 0. The van der Waals surface area contributed by atoms with Crippen LogP contribution in [-0.2, 0) is 12.8 Å². The Morgan fingerprint density at radius 2 is 1.62 bits per heavy atom. The zero-order chi connectivity index (χ0) is 12.6. The van der Waals surface area contributed by atoms with Crippen LogP contribution >= 0.6 is 0 Å². The van der Waals surface area contributed by atoms with Gasteiger partial charge in [-0.3, -0.25) is 5.10 Å². The summed E-state index contributed by atoms with van der Waals surface area (Å²) >= 11 is 0. The number of halogens is 4. The Balaban J connectivity index is 0.000000385. The molecule has 0 atom stereocenters. The van der Waals surface area contributed by atoms with E-state index in [1.165, 1.54) is 24.1 Å². The van der Waals surface area contributed by atoms with E-state index in [0.29, 0.717) is 0 Å². The summed E-state index contributed by atoms with van der Waals surface area (Å²) in [7, 11) is -6.00. The van der Waals surface area contributed by atoms with Crippen LogP contribution in [0.3, 0.4) is 0 Å². The molecule has 0 unspecified atom stereocenters. The lowest BCUT2D eigenvalue weighted by molar-refractivity contribution is 0.368. The van der Waals surface area contributed by atoms with Crippen LogP contribution in [0.2, 0.25) is 0 Å². The van der Waals surface area contributed by atoms with Gasteiger partial charge < -0.3 is 17.3 Å². The van der Waals surface area contributed by atoms with Gasteiger partial charge in [-0.25, -0.2) is 0 Å². The van der Waals surface area contributed by atoms with Crippen LogP contribution in [0.15, 0.2) is 6.20 Å². The van der Waals surface area contributed by atoms with E-state index < -0.39 is 7.25 Å². The number of aryl methyl sites for hydroxylation is 2. The highest BCUT2D eigenvalue weighted by Gasteiger charge is 2.20. The molecule has 0 aliphatic heterocycles. The summed E-state index contributed by atoms with van der Waals surface area (Å²) in [6.45, 7) is 4.39. The van der Waals surface area contributed by atoms with Gasteiger partial charge in [-0.1, -0.05) is 26.7 Å². The van der Waals surface area contributed by atoms with Gasteiger partial charge in [-0.2, -0.15) is 5.10 Å². The maximum Gasteiger partial charge on any atom is 0.673 e. The average Bonchev–Trinajstić information content (AvgIpc) is 2.51. The molecule has 0 amide bonds. The number of rotatable bonds is 4. The number of nitrogens with zero attached hydrogens (tertiary/aromatic N) is 1. The highest BCUT2D eigenvalue weighted by molar-refractivity contribution is 6.50. The lowest BCUT2D eigenvalue weighted by atomic mass is 10.1. The molecule has 2 nitrogen and oxygen atoms in total.